The van der Waals surface area contributed by atoms with Gasteiger partial charge in [-0.15, -0.1) is 0 Å². The molecule has 0 saturated heterocycles. The van der Waals surface area contributed by atoms with Crippen LogP contribution in [0.1, 0.15) is 10.4 Å². The number of aromatic carboxylic acids is 1. The number of pyridine rings is 1. The van der Waals surface area contributed by atoms with Crippen molar-refractivity contribution in [2.45, 2.75) is 12.3 Å². The number of carboxylic acids is 1. The van der Waals surface area contributed by atoms with Crippen LogP contribution in [0.5, 0.6) is 5.88 Å². The summed E-state index contributed by atoms with van der Waals surface area (Å²) in [5.74, 6) is -8.02. The molecule has 18 heavy (non-hydrogen) atoms. The molecule has 9 heteroatoms. The van der Waals surface area contributed by atoms with Gasteiger partial charge in [0.25, 0.3) is 0 Å². The fourth-order valence-corrected chi connectivity index (χ4v) is 0.923. The number of carbonyl (C=O) groups is 1. The second-order valence-corrected chi connectivity index (χ2v) is 3.16. The Morgan fingerprint density at radius 2 is 2.11 bits per heavy atom. The molecule has 1 rings (SSSR count). The van der Waals surface area contributed by atoms with Gasteiger partial charge in [-0.3, -0.25) is 0 Å². The van der Waals surface area contributed by atoms with Crippen LogP contribution in [0.4, 0.5) is 22.0 Å². The van der Waals surface area contributed by atoms with E-state index in [9.17, 15) is 26.7 Å². The number of halogens is 5. The summed E-state index contributed by atoms with van der Waals surface area (Å²) in [5.41, 5.74) is -0.833. The smallest absolute Gasteiger partial charge is 0.341 e. The van der Waals surface area contributed by atoms with Gasteiger partial charge in [0.15, 0.2) is 6.61 Å². The summed E-state index contributed by atoms with van der Waals surface area (Å²) in [6, 6.07) is 0.477. The molecule has 1 aromatic rings. The molecule has 0 aliphatic rings. The fraction of sp³-hybridized carbons (Fsp3) is 0.333. The van der Waals surface area contributed by atoms with Gasteiger partial charge in [0.1, 0.15) is 11.4 Å². The number of rotatable bonds is 5. The molecule has 0 saturated carbocycles. The van der Waals surface area contributed by atoms with Crippen molar-refractivity contribution in [1.82, 2.24) is 4.98 Å². The quantitative estimate of drug-likeness (QED) is 0.834. The molecule has 0 radical (unpaired) electrons. The lowest BCUT2D eigenvalue weighted by molar-refractivity contribution is -0.148. The average molecular weight is 271 g/mol. The minimum absolute atomic E-state index is 0.477. The zero-order valence-corrected chi connectivity index (χ0v) is 8.54. The molecule has 0 aliphatic carbocycles. The van der Waals surface area contributed by atoms with E-state index in [4.69, 9.17) is 5.11 Å². The number of carboxylic acid groups (broad SMARTS) is 1. The molecule has 1 heterocycles. The fourth-order valence-electron chi connectivity index (χ4n) is 0.923. The summed E-state index contributed by atoms with van der Waals surface area (Å²) in [5, 5.41) is 8.61. The number of hydrogen-bond acceptors (Lipinski definition) is 3. The van der Waals surface area contributed by atoms with Crippen LogP contribution in [0.25, 0.3) is 0 Å². The van der Waals surface area contributed by atoms with Crippen LogP contribution in [-0.2, 0) is 0 Å². The summed E-state index contributed by atoms with van der Waals surface area (Å²) in [4.78, 5) is 13.7. The number of aromatic nitrogens is 1. The first kappa shape index (κ1) is 14.1. The van der Waals surface area contributed by atoms with E-state index in [0.717, 1.165) is 0 Å². The third kappa shape index (κ3) is 3.28. The normalized spacial score (nSPS) is 11.7. The maximum absolute atomic E-state index is 12.7. The van der Waals surface area contributed by atoms with Crippen molar-refractivity contribution in [3.63, 3.8) is 0 Å². The Hall–Kier alpha value is -1.93. The molecule has 0 aromatic carbocycles. The van der Waals surface area contributed by atoms with E-state index >= 15 is 0 Å². The monoisotopic (exact) mass is 271 g/mol. The number of hydrogen-bond donors (Lipinski definition) is 1. The number of ether oxygens (including phenoxy) is 1. The molecule has 4 nitrogen and oxygen atoms in total. The lowest BCUT2D eigenvalue weighted by atomic mass is 10.2. The Morgan fingerprint density at radius 3 is 2.61 bits per heavy atom. The standard InChI is InChI=1S/C9H6F5NO3/c10-4-1-5(7(16)17)6(15-2-4)18-3-9(13,14)8(11)12/h1-2,8H,3H2,(H,16,17). The molecule has 1 N–H and O–H groups in total. The van der Waals surface area contributed by atoms with Crippen molar-refractivity contribution in [1.29, 1.82) is 0 Å². The highest BCUT2D eigenvalue weighted by molar-refractivity contribution is 5.90. The topological polar surface area (TPSA) is 59.4 Å². The molecular weight excluding hydrogens is 265 g/mol. The molecule has 0 bridgehead atoms. The number of nitrogens with zero attached hydrogens (tertiary/aromatic N) is 1. The van der Waals surface area contributed by atoms with Gasteiger partial charge in [0.05, 0.1) is 6.20 Å². The first-order valence-corrected chi connectivity index (χ1v) is 4.41. The second kappa shape index (κ2) is 5.15. The summed E-state index contributed by atoms with van der Waals surface area (Å²) in [6.45, 7) is -1.76. The van der Waals surface area contributed by atoms with Crippen molar-refractivity contribution in [3.8, 4) is 5.88 Å². The van der Waals surface area contributed by atoms with E-state index in [2.05, 4.69) is 9.72 Å². The van der Waals surface area contributed by atoms with Gasteiger partial charge in [0.2, 0.25) is 5.88 Å². The highest BCUT2D eigenvalue weighted by atomic mass is 19.3. The zero-order chi connectivity index (χ0) is 13.9. The molecule has 0 unspecified atom stereocenters. The Labute approximate surface area is 97.0 Å². The second-order valence-electron chi connectivity index (χ2n) is 3.16. The van der Waals surface area contributed by atoms with E-state index in [0.29, 0.717) is 12.3 Å². The summed E-state index contributed by atoms with van der Waals surface area (Å²) >= 11 is 0. The minimum Gasteiger partial charge on any atom is -0.477 e. The van der Waals surface area contributed by atoms with Crippen LogP contribution in [0, 0.1) is 5.82 Å². The van der Waals surface area contributed by atoms with Crippen molar-refractivity contribution < 1.29 is 36.6 Å². The average Bonchev–Trinajstić information content (AvgIpc) is 2.27. The number of alkyl halides is 4. The van der Waals surface area contributed by atoms with Gasteiger partial charge < -0.3 is 9.84 Å². The summed E-state index contributed by atoms with van der Waals surface area (Å²) < 4.78 is 65.5. The van der Waals surface area contributed by atoms with Crippen molar-refractivity contribution in [3.05, 3.63) is 23.6 Å². The van der Waals surface area contributed by atoms with Crippen LogP contribution in [0.15, 0.2) is 12.3 Å². The van der Waals surface area contributed by atoms with E-state index < -0.39 is 42.2 Å². The molecule has 100 valence electrons. The van der Waals surface area contributed by atoms with Crippen molar-refractivity contribution >= 4 is 5.97 Å². The Bertz CT molecular complexity index is 452. The van der Waals surface area contributed by atoms with Crippen LogP contribution < -0.4 is 4.74 Å². The molecule has 0 spiro atoms. The maximum atomic E-state index is 12.7. The van der Waals surface area contributed by atoms with Crippen LogP contribution in [0.3, 0.4) is 0 Å². The third-order valence-electron chi connectivity index (χ3n) is 1.77. The Morgan fingerprint density at radius 1 is 1.50 bits per heavy atom. The van der Waals surface area contributed by atoms with Gasteiger partial charge >= 0.3 is 18.3 Å². The van der Waals surface area contributed by atoms with Crippen molar-refractivity contribution in [2.75, 3.05) is 6.61 Å². The van der Waals surface area contributed by atoms with E-state index in [-0.39, 0.29) is 0 Å². The zero-order valence-electron chi connectivity index (χ0n) is 8.54. The van der Waals surface area contributed by atoms with Gasteiger partial charge in [-0.25, -0.2) is 22.9 Å². The van der Waals surface area contributed by atoms with Gasteiger partial charge in [-0.2, -0.15) is 8.78 Å². The Kier molecular flexibility index (Phi) is 4.04. The van der Waals surface area contributed by atoms with Gasteiger partial charge in [-0.05, 0) is 6.07 Å². The lowest BCUT2D eigenvalue weighted by Crippen LogP contribution is -2.34. The highest BCUT2D eigenvalue weighted by Crippen LogP contribution is 2.25. The molecule has 0 atom stereocenters. The minimum atomic E-state index is -4.45. The predicted molar refractivity (Wildman–Crippen MR) is 47.6 cm³/mol. The molecule has 0 amide bonds. The van der Waals surface area contributed by atoms with E-state index in [1.807, 2.05) is 0 Å². The van der Waals surface area contributed by atoms with E-state index in [1.165, 1.54) is 0 Å². The third-order valence-corrected chi connectivity index (χ3v) is 1.77. The molecule has 0 aliphatic heterocycles. The van der Waals surface area contributed by atoms with Gasteiger partial charge in [-0.1, -0.05) is 0 Å². The Balaban J connectivity index is 2.89. The predicted octanol–water partition coefficient (Wildman–Crippen LogP) is 2.20. The van der Waals surface area contributed by atoms with Gasteiger partial charge in [0, 0.05) is 0 Å². The summed E-state index contributed by atoms with van der Waals surface area (Å²) in [6.07, 6.45) is -3.45. The molecule has 1 aromatic heterocycles. The molecule has 0 fully saturated rings. The van der Waals surface area contributed by atoms with Crippen LogP contribution >= 0.6 is 0 Å². The largest absolute Gasteiger partial charge is 0.477 e. The van der Waals surface area contributed by atoms with Crippen LogP contribution in [0.2, 0.25) is 0 Å². The van der Waals surface area contributed by atoms with E-state index in [1.54, 1.807) is 0 Å². The maximum Gasteiger partial charge on any atom is 0.341 e. The SMILES string of the molecule is O=C(O)c1cc(F)cnc1OCC(F)(F)C(F)F. The molecular formula is C9H6F5NO3. The summed E-state index contributed by atoms with van der Waals surface area (Å²) in [7, 11) is 0. The first-order chi connectivity index (χ1) is 8.24. The lowest BCUT2D eigenvalue weighted by Gasteiger charge is -2.16. The highest BCUT2D eigenvalue weighted by Gasteiger charge is 2.42. The van der Waals surface area contributed by atoms with Crippen LogP contribution in [-0.4, -0.2) is 35.0 Å². The van der Waals surface area contributed by atoms with Crippen molar-refractivity contribution in [2.24, 2.45) is 0 Å². The first-order valence-electron chi connectivity index (χ1n) is 4.41.